The lowest BCUT2D eigenvalue weighted by molar-refractivity contribution is -0.113. The molecule has 0 atom stereocenters. The average Bonchev–Trinajstić information content (AvgIpc) is 2.39. The fourth-order valence-corrected chi connectivity index (χ4v) is 3.65. The molecule has 0 aliphatic rings. The number of hydrogen-bond acceptors (Lipinski definition) is 1. The molecule has 0 spiro atoms. The van der Waals surface area contributed by atoms with Crippen molar-refractivity contribution in [3.8, 4) is 0 Å². The third kappa shape index (κ3) is 11.1. The predicted molar refractivity (Wildman–Crippen MR) is 87.6 cm³/mol. The van der Waals surface area contributed by atoms with Gasteiger partial charge in [-0.3, -0.25) is 4.79 Å². The second kappa shape index (κ2) is 12.6. The van der Waals surface area contributed by atoms with Crippen LogP contribution in [0.4, 0.5) is 0 Å². The molecule has 0 aromatic heterocycles. The molecule has 0 rings (SSSR count). The Morgan fingerprint density at radius 1 is 1.00 bits per heavy atom. The van der Waals surface area contributed by atoms with Crippen molar-refractivity contribution < 1.29 is 4.79 Å². The summed E-state index contributed by atoms with van der Waals surface area (Å²) in [6.45, 7) is 8.60. The zero-order valence-electron chi connectivity index (χ0n) is 13.2. The average molecular weight is 285 g/mol. The molecule has 0 saturated heterocycles. The summed E-state index contributed by atoms with van der Waals surface area (Å²) in [4.78, 5) is 11.9. The van der Waals surface area contributed by atoms with Crippen molar-refractivity contribution in [1.82, 2.24) is 0 Å². The molecule has 0 unspecified atom stereocenters. The van der Waals surface area contributed by atoms with Crippen LogP contribution in [-0.2, 0) is 15.5 Å². The van der Waals surface area contributed by atoms with Crippen LogP contribution in [0.1, 0.15) is 72.6 Å². The number of carbonyl (C=O) groups excluding carboxylic acids is 1. The van der Waals surface area contributed by atoms with E-state index in [-0.39, 0.29) is 16.6 Å². The maximum Gasteiger partial charge on any atom is 0.275 e. The Morgan fingerprint density at radius 3 is 2.00 bits per heavy atom. The number of amides is 1. The Morgan fingerprint density at radius 2 is 1.53 bits per heavy atom. The predicted octanol–water partition coefficient (Wildman–Crippen LogP) is 5.05. The summed E-state index contributed by atoms with van der Waals surface area (Å²) in [5.74, 6) is 2.16. The van der Waals surface area contributed by atoms with E-state index in [1.165, 1.54) is 37.7 Å². The van der Waals surface area contributed by atoms with Gasteiger partial charge in [-0.25, -0.2) is 0 Å². The zero-order valence-corrected chi connectivity index (χ0v) is 14.0. The van der Waals surface area contributed by atoms with Gasteiger partial charge in [0.05, 0.1) is 0 Å². The summed E-state index contributed by atoms with van der Waals surface area (Å²) in [7, 11) is -0.0456. The minimum absolute atomic E-state index is 0.0101. The highest BCUT2D eigenvalue weighted by Gasteiger charge is 2.01. The van der Waals surface area contributed by atoms with Crippen molar-refractivity contribution in [3.05, 3.63) is 11.6 Å². The van der Waals surface area contributed by atoms with E-state index in [0.717, 1.165) is 24.3 Å². The summed E-state index contributed by atoms with van der Waals surface area (Å²) in [5.41, 5.74) is 1.17. The quantitative estimate of drug-likeness (QED) is 0.516. The Kier molecular flexibility index (Phi) is 12.3. The first kappa shape index (κ1) is 18.6. The molecule has 0 aromatic carbocycles. The van der Waals surface area contributed by atoms with Gasteiger partial charge in [-0.15, -0.1) is 0 Å². The maximum absolute atomic E-state index is 11.9. The highest BCUT2D eigenvalue weighted by atomic mass is 32.2. The second-order valence-electron chi connectivity index (χ2n) is 5.10. The monoisotopic (exact) mass is 285 g/mol. The van der Waals surface area contributed by atoms with Crippen LogP contribution < -0.4 is 0 Å². The minimum Gasteiger partial charge on any atom is -0.267 e. The molecule has 1 amide bonds. The SMILES string of the molecule is CCCCC(C)=CC(=O)N=S(CCCC)CCCC. The van der Waals surface area contributed by atoms with Crippen molar-refractivity contribution in [2.24, 2.45) is 4.36 Å². The largest absolute Gasteiger partial charge is 0.275 e. The van der Waals surface area contributed by atoms with Crippen LogP contribution in [0.2, 0.25) is 0 Å². The van der Waals surface area contributed by atoms with Gasteiger partial charge < -0.3 is 0 Å². The molecule has 0 bridgehead atoms. The van der Waals surface area contributed by atoms with Crippen molar-refractivity contribution in [2.75, 3.05) is 11.5 Å². The fraction of sp³-hybridized carbons (Fsp3) is 0.812. The van der Waals surface area contributed by atoms with E-state index < -0.39 is 0 Å². The van der Waals surface area contributed by atoms with E-state index in [9.17, 15) is 4.79 Å². The Balaban J connectivity index is 4.47. The van der Waals surface area contributed by atoms with Crippen LogP contribution in [0.3, 0.4) is 0 Å². The van der Waals surface area contributed by atoms with Gasteiger partial charge in [0.2, 0.25) is 0 Å². The molecule has 19 heavy (non-hydrogen) atoms. The molecule has 0 saturated carbocycles. The Hall–Kier alpha value is -0.440. The lowest BCUT2D eigenvalue weighted by Crippen LogP contribution is -2.05. The van der Waals surface area contributed by atoms with E-state index >= 15 is 0 Å². The zero-order chi connectivity index (χ0) is 14.5. The number of carbonyl (C=O) groups is 1. The standard InChI is InChI=1S/C16H31NOS/c1-5-8-11-15(4)14-16(18)17-19(12-9-6-2)13-10-7-3/h14H,5-13H2,1-4H3. The molecular formula is C16H31NOS. The summed E-state index contributed by atoms with van der Waals surface area (Å²) in [6, 6.07) is 0. The first-order valence-corrected chi connectivity index (χ1v) is 9.26. The van der Waals surface area contributed by atoms with Gasteiger partial charge in [0.15, 0.2) is 0 Å². The molecular weight excluding hydrogens is 254 g/mol. The van der Waals surface area contributed by atoms with E-state index in [4.69, 9.17) is 0 Å². The highest BCUT2D eigenvalue weighted by Crippen LogP contribution is 2.07. The molecule has 0 aliphatic carbocycles. The summed E-state index contributed by atoms with van der Waals surface area (Å²) in [5, 5.41) is 0. The van der Waals surface area contributed by atoms with Gasteiger partial charge in [0.1, 0.15) is 0 Å². The molecule has 3 heteroatoms. The minimum atomic E-state index is -0.0456. The first-order valence-electron chi connectivity index (χ1n) is 7.74. The van der Waals surface area contributed by atoms with Gasteiger partial charge in [0.25, 0.3) is 5.91 Å². The van der Waals surface area contributed by atoms with Crippen LogP contribution in [-0.4, -0.2) is 17.4 Å². The van der Waals surface area contributed by atoms with Crippen molar-refractivity contribution >= 4 is 16.6 Å². The number of rotatable bonds is 10. The van der Waals surface area contributed by atoms with Crippen LogP contribution in [0, 0.1) is 0 Å². The van der Waals surface area contributed by atoms with Crippen LogP contribution in [0.25, 0.3) is 0 Å². The van der Waals surface area contributed by atoms with Gasteiger partial charge in [-0.2, -0.15) is 4.36 Å². The third-order valence-corrected chi connectivity index (χ3v) is 4.94. The van der Waals surface area contributed by atoms with Crippen molar-refractivity contribution in [1.29, 1.82) is 0 Å². The number of nitrogens with zero attached hydrogens (tertiary/aromatic N) is 1. The number of unbranched alkanes of at least 4 members (excludes halogenated alkanes) is 3. The van der Waals surface area contributed by atoms with Gasteiger partial charge in [0, 0.05) is 17.6 Å². The molecule has 2 nitrogen and oxygen atoms in total. The van der Waals surface area contributed by atoms with Gasteiger partial charge in [-0.05, 0) is 32.6 Å². The Bertz CT molecular complexity index is 298. The molecule has 0 heterocycles. The Labute approximate surface area is 122 Å². The maximum atomic E-state index is 11.9. The summed E-state index contributed by atoms with van der Waals surface area (Å²) in [6.07, 6.45) is 9.84. The van der Waals surface area contributed by atoms with Crippen molar-refractivity contribution in [2.45, 2.75) is 72.6 Å². The molecule has 112 valence electrons. The first-order chi connectivity index (χ1) is 9.13. The summed E-state index contributed by atoms with van der Waals surface area (Å²) >= 11 is 0. The molecule has 0 N–H and O–H groups in total. The fourth-order valence-electron chi connectivity index (χ4n) is 1.71. The van der Waals surface area contributed by atoms with E-state index in [1.807, 2.05) is 6.92 Å². The molecule has 0 radical (unpaired) electrons. The van der Waals surface area contributed by atoms with Crippen LogP contribution >= 0.6 is 0 Å². The van der Waals surface area contributed by atoms with Crippen molar-refractivity contribution in [3.63, 3.8) is 0 Å². The van der Waals surface area contributed by atoms with E-state index in [1.54, 1.807) is 6.08 Å². The lowest BCUT2D eigenvalue weighted by Gasteiger charge is -2.06. The lowest BCUT2D eigenvalue weighted by atomic mass is 10.1. The van der Waals surface area contributed by atoms with E-state index in [2.05, 4.69) is 25.1 Å². The molecule has 0 fully saturated rings. The molecule has 0 aromatic rings. The number of hydrogen-bond donors (Lipinski definition) is 0. The van der Waals surface area contributed by atoms with Crippen LogP contribution in [0.15, 0.2) is 16.0 Å². The van der Waals surface area contributed by atoms with E-state index in [0.29, 0.717) is 0 Å². The second-order valence-corrected chi connectivity index (χ2v) is 7.03. The number of allylic oxidation sites excluding steroid dienone is 1. The van der Waals surface area contributed by atoms with Gasteiger partial charge >= 0.3 is 0 Å². The molecule has 0 aliphatic heterocycles. The topological polar surface area (TPSA) is 29.4 Å². The highest BCUT2D eigenvalue weighted by molar-refractivity contribution is 7.87. The normalized spacial score (nSPS) is 11.9. The van der Waals surface area contributed by atoms with Gasteiger partial charge in [-0.1, -0.05) is 56.3 Å². The summed E-state index contributed by atoms with van der Waals surface area (Å²) < 4.78 is 4.41. The van der Waals surface area contributed by atoms with Crippen LogP contribution in [0.5, 0.6) is 0 Å². The third-order valence-electron chi connectivity index (χ3n) is 2.98. The smallest absolute Gasteiger partial charge is 0.267 e.